The molecule has 0 aliphatic carbocycles. The molecule has 0 atom stereocenters. The number of rotatable bonds is 7. The van der Waals surface area contributed by atoms with Crippen LogP contribution in [0.2, 0.25) is 0 Å². The van der Waals surface area contributed by atoms with Crippen molar-refractivity contribution in [2.45, 2.75) is 13.5 Å². The SMILES string of the molecule is CCOCCNCc1cnc(N(C)C)s1.Cl. The van der Waals surface area contributed by atoms with Crippen LogP contribution in [0.5, 0.6) is 0 Å². The number of nitrogens with zero attached hydrogens (tertiary/aromatic N) is 2. The second-order valence-electron chi connectivity index (χ2n) is 3.38. The molecule has 1 N–H and O–H groups in total. The summed E-state index contributed by atoms with van der Waals surface area (Å²) in [6.07, 6.45) is 1.92. The molecular weight excluding hydrogens is 246 g/mol. The fraction of sp³-hybridized carbons (Fsp3) is 0.700. The minimum absolute atomic E-state index is 0. The Morgan fingerprint density at radius 1 is 1.50 bits per heavy atom. The van der Waals surface area contributed by atoms with Crippen LogP contribution in [-0.4, -0.2) is 38.8 Å². The van der Waals surface area contributed by atoms with E-state index in [2.05, 4.69) is 10.3 Å². The highest BCUT2D eigenvalue weighted by molar-refractivity contribution is 7.15. The van der Waals surface area contributed by atoms with Gasteiger partial charge in [0.15, 0.2) is 5.13 Å². The van der Waals surface area contributed by atoms with Crippen molar-refractivity contribution in [2.24, 2.45) is 0 Å². The van der Waals surface area contributed by atoms with Gasteiger partial charge in [-0.3, -0.25) is 0 Å². The van der Waals surface area contributed by atoms with Crippen LogP contribution < -0.4 is 10.2 Å². The molecule has 16 heavy (non-hydrogen) atoms. The third-order valence-corrected chi connectivity index (χ3v) is 3.02. The summed E-state index contributed by atoms with van der Waals surface area (Å²) < 4.78 is 5.23. The van der Waals surface area contributed by atoms with E-state index in [4.69, 9.17) is 4.74 Å². The van der Waals surface area contributed by atoms with Crippen LogP contribution >= 0.6 is 23.7 Å². The summed E-state index contributed by atoms with van der Waals surface area (Å²) in [5, 5.41) is 4.37. The van der Waals surface area contributed by atoms with Crippen molar-refractivity contribution in [1.29, 1.82) is 0 Å². The van der Waals surface area contributed by atoms with Crippen molar-refractivity contribution >= 4 is 28.9 Å². The third-order valence-electron chi connectivity index (χ3n) is 1.85. The lowest BCUT2D eigenvalue weighted by Gasteiger charge is -2.05. The zero-order chi connectivity index (χ0) is 11.1. The normalized spacial score (nSPS) is 9.94. The molecule has 0 amide bonds. The fourth-order valence-electron chi connectivity index (χ4n) is 1.09. The van der Waals surface area contributed by atoms with E-state index in [-0.39, 0.29) is 12.4 Å². The summed E-state index contributed by atoms with van der Waals surface area (Å²) in [5.41, 5.74) is 0. The van der Waals surface area contributed by atoms with E-state index in [1.165, 1.54) is 4.88 Å². The highest BCUT2D eigenvalue weighted by Crippen LogP contribution is 2.19. The first-order valence-corrected chi connectivity index (χ1v) is 5.96. The Morgan fingerprint density at radius 3 is 2.81 bits per heavy atom. The van der Waals surface area contributed by atoms with Gasteiger partial charge in [0, 0.05) is 44.9 Å². The van der Waals surface area contributed by atoms with Gasteiger partial charge in [-0.25, -0.2) is 4.98 Å². The fourth-order valence-corrected chi connectivity index (χ4v) is 1.89. The van der Waals surface area contributed by atoms with Crippen LogP contribution in [0.25, 0.3) is 0 Å². The Bertz CT molecular complexity index is 281. The van der Waals surface area contributed by atoms with Gasteiger partial charge in [-0.05, 0) is 6.92 Å². The van der Waals surface area contributed by atoms with Gasteiger partial charge in [0.25, 0.3) is 0 Å². The molecule has 0 saturated heterocycles. The number of nitrogens with one attached hydrogen (secondary N) is 1. The quantitative estimate of drug-likeness (QED) is 0.763. The van der Waals surface area contributed by atoms with E-state index >= 15 is 0 Å². The van der Waals surface area contributed by atoms with Gasteiger partial charge in [-0.1, -0.05) is 0 Å². The molecule has 1 heterocycles. The van der Waals surface area contributed by atoms with Crippen LogP contribution in [0.4, 0.5) is 5.13 Å². The highest BCUT2D eigenvalue weighted by Gasteiger charge is 2.02. The first-order valence-electron chi connectivity index (χ1n) is 5.14. The van der Waals surface area contributed by atoms with E-state index in [9.17, 15) is 0 Å². The van der Waals surface area contributed by atoms with Gasteiger partial charge in [0.2, 0.25) is 0 Å². The minimum atomic E-state index is 0. The molecule has 0 fully saturated rings. The summed E-state index contributed by atoms with van der Waals surface area (Å²) in [6, 6.07) is 0. The molecule has 0 bridgehead atoms. The number of thiazole rings is 1. The Kier molecular flexibility index (Phi) is 8.56. The van der Waals surface area contributed by atoms with E-state index in [1.54, 1.807) is 11.3 Å². The first kappa shape index (κ1) is 15.6. The van der Waals surface area contributed by atoms with Gasteiger partial charge in [-0.2, -0.15) is 0 Å². The second kappa shape index (κ2) is 8.75. The number of halogens is 1. The molecule has 1 rings (SSSR count). The molecule has 6 heteroatoms. The average molecular weight is 266 g/mol. The summed E-state index contributed by atoms with van der Waals surface area (Å²) >= 11 is 1.72. The van der Waals surface area contributed by atoms with E-state index in [0.29, 0.717) is 0 Å². The molecule has 0 aromatic carbocycles. The van der Waals surface area contributed by atoms with Crippen LogP contribution in [-0.2, 0) is 11.3 Å². The Labute approximate surface area is 107 Å². The number of hydrogen-bond donors (Lipinski definition) is 1. The number of hydrogen-bond acceptors (Lipinski definition) is 5. The maximum Gasteiger partial charge on any atom is 0.185 e. The Balaban J connectivity index is 0.00000225. The second-order valence-corrected chi connectivity index (χ2v) is 4.47. The van der Waals surface area contributed by atoms with Crippen molar-refractivity contribution in [2.75, 3.05) is 38.8 Å². The molecule has 0 saturated carbocycles. The maximum atomic E-state index is 5.23. The highest BCUT2D eigenvalue weighted by atomic mass is 35.5. The van der Waals surface area contributed by atoms with Crippen molar-refractivity contribution < 1.29 is 4.74 Å². The standard InChI is InChI=1S/C10H19N3OS.ClH/c1-4-14-6-5-11-7-9-8-12-10(15-9)13(2)3;/h8,11H,4-7H2,1-3H3;1H. The first-order chi connectivity index (χ1) is 7.24. The molecule has 4 nitrogen and oxygen atoms in total. The number of ether oxygens (including phenoxy) is 1. The van der Waals surface area contributed by atoms with Crippen LogP contribution in [0.1, 0.15) is 11.8 Å². The summed E-state index contributed by atoms with van der Waals surface area (Å²) in [7, 11) is 4.01. The topological polar surface area (TPSA) is 37.4 Å². The van der Waals surface area contributed by atoms with Gasteiger partial charge in [0.05, 0.1) is 6.61 Å². The molecule has 0 unspecified atom stereocenters. The largest absolute Gasteiger partial charge is 0.380 e. The number of anilines is 1. The predicted molar refractivity (Wildman–Crippen MR) is 71.9 cm³/mol. The lowest BCUT2D eigenvalue weighted by molar-refractivity contribution is 0.149. The van der Waals surface area contributed by atoms with E-state index in [1.807, 2.05) is 32.1 Å². The lowest BCUT2D eigenvalue weighted by atomic mass is 10.5. The third kappa shape index (κ3) is 5.65. The van der Waals surface area contributed by atoms with Crippen molar-refractivity contribution in [3.05, 3.63) is 11.1 Å². The van der Waals surface area contributed by atoms with Gasteiger partial charge >= 0.3 is 0 Å². The monoisotopic (exact) mass is 265 g/mol. The van der Waals surface area contributed by atoms with Crippen molar-refractivity contribution in [3.63, 3.8) is 0 Å². The van der Waals surface area contributed by atoms with Gasteiger partial charge in [0.1, 0.15) is 0 Å². The number of aromatic nitrogens is 1. The van der Waals surface area contributed by atoms with Crippen molar-refractivity contribution in [1.82, 2.24) is 10.3 Å². The Morgan fingerprint density at radius 2 is 2.25 bits per heavy atom. The molecule has 0 aliphatic heterocycles. The Hall–Kier alpha value is -0.360. The maximum absolute atomic E-state index is 5.23. The zero-order valence-corrected chi connectivity index (χ0v) is 11.7. The molecule has 0 spiro atoms. The van der Waals surface area contributed by atoms with Crippen LogP contribution in [0.3, 0.4) is 0 Å². The smallest absolute Gasteiger partial charge is 0.185 e. The minimum Gasteiger partial charge on any atom is -0.380 e. The summed E-state index contributed by atoms with van der Waals surface area (Å²) in [6.45, 7) is 5.33. The molecule has 0 radical (unpaired) electrons. The molecule has 1 aromatic rings. The average Bonchev–Trinajstić information content (AvgIpc) is 2.66. The van der Waals surface area contributed by atoms with Crippen LogP contribution in [0, 0.1) is 0 Å². The predicted octanol–water partition coefficient (Wildman–Crippen LogP) is 1.76. The van der Waals surface area contributed by atoms with Gasteiger partial charge in [-0.15, -0.1) is 23.7 Å². The van der Waals surface area contributed by atoms with Gasteiger partial charge < -0.3 is 15.0 Å². The van der Waals surface area contributed by atoms with Crippen LogP contribution in [0.15, 0.2) is 6.20 Å². The molecule has 1 aromatic heterocycles. The summed E-state index contributed by atoms with van der Waals surface area (Å²) in [5.74, 6) is 0. The molecule has 0 aliphatic rings. The lowest BCUT2D eigenvalue weighted by Crippen LogP contribution is -2.18. The summed E-state index contributed by atoms with van der Waals surface area (Å²) in [4.78, 5) is 7.59. The molecular formula is C10H20ClN3OS. The van der Waals surface area contributed by atoms with E-state index < -0.39 is 0 Å². The zero-order valence-electron chi connectivity index (χ0n) is 10.0. The van der Waals surface area contributed by atoms with Crippen molar-refractivity contribution in [3.8, 4) is 0 Å². The molecule has 94 valence electrons. The van der Waals surface area contributed by atoms with E-state index in [0.717, 1.165) is 31.4 Å².